The normalized spacial score (nSPS) is 35.6. The Balaban J connectivity index is 1.77. The Labute approximate surface area is 183 Å². The predicted octanol–water partition coefficient (Wildman–Crippen LogP) is 3.27. The number of alkyl halides is 4. The minimum absolute atomic E-state index is 0.00195. The SMILES string of the molecule is O=S(=O)(C(=C1C=c2ccccc2=CC1)S(=O)(=O)C12CC3CC(CC(F)(C3)C1)C2)C(F)(F)F. The van der Waals surface area contributed by atoms with Gasteiger partial charge in [0.25, 0.3) is 9.84 Å². The molecule has 0 N–H and O–H groups in total. The number of sulfone groups is 2. The van der Waals surface area contributed by atoms with Gasteiger partial charge in [-0.15, -0.1) is 0 Å². The van der Waals surface area contributed by atoms with E-state index in [1.165, 1.54) is 12.2 Å². The Morgan fingerprint density at radius 2 is 1.53 bits per heavy atom. The van der Waals surface area contributed by atoms with Crippen molar-refractivity contribution in [2.45, 2.75) is 60.9 Å². The van der Waals surface area contributed by atoms with Crippen molar-refractivity contribution in [3.8, 4) is 0 Å². The summed E-state index contributed by atoms with van der Waals surface area (Å²) in [5.74, 6) is -0.531. The minimum atomic E-state index is -6.19. The first kappa shape index (κ1) is 22.1. The lowest BCUT2D eigenvalue weighted by Gasteiger charge is -2.58. The zero-order valence-electron chi connectivity index (χ0n) is 17.0. The van der Waals surface area contributed by atoms with E-state index in [2.05, 4.69) is 0 Å². The molecule has 0 amide bonds. The molecular weight excluding hydrogens is 468 g/mol. The van der Waals surface area contributed by atoms with Gasteiger partial charge in [0.05, 0.1) is 4.75 Å². The molecule has 10 heteroatoms. The maximum atomic E-state index is 15.4. The highest BCUT2D eigenvalue weighted by Crippen LogP contribution is 2.63. The highest BCUT2D eigenvalue weighted by molar-refractivity contribution is 8.15. The molecule has 4 saturated carbocycles. The van der Waals surface area contributed by atoms with E-state index in [9.17, 15) is 30.0 Å². The van der Waals surface area contributed by atoms with Crippen LogP contribution in [0.5, 0.6) is 0 Å². The summed E-state index contributed by atoms with van der Waals surface area (Å²) in [6, 6.07) is 6.64. The molecule has 1 aromatic rings. The number of hydrogen-bond acceptors (Lipinski definition) is 4. The summed E-state index contributed by atoms with van der Waals surface area (Å²) >= 11 is 0. The highest BCUT2D eigenvalue weighted by Gasteiger charge is 2.66. The summed E-state index contributed by atoms with van der Waals surface area (Å²) in [7, 11) is -11.2. The number of halogens is 4. The number of fused-ring (bicyclic) bond motifs is 1. The van der Waals surface area contributed by atoms with Gasteiger partial charge in [-0.2, -0.15) is 13.2 Å². The van der Waals surface area contributed by atoms with Crippen molar-refractivity contribution < 1.29 is 34.4 Å². The number of allylic oxidation sites excluding steroid dienone is 1. The van der Waals surface area contributed by atoms with Gasteiger partial charge in [0.2, 0.25) is 0 Å². The van der Waals surface area contributed by atoms with Gasteiger partial charge >= 0.3 is 5.51 Å². The second-order valence-electron chi connectivity index (χ2n) is 9.74. The first-order valence-electron chi connectivity index (χ1n) is 10.5. The molecule has 6 rings (SSSR count). The standard InChI is InChI=1S/C22H22F4O4S2/c23-20-9-14-7-15(10-20)12-21(11-14,13-20)31(27,28)19(32(29,30)22(24,25)26)18-6-5-16-3-1-2-4-17(16)8-18/h1-5,8,14-15H,6-7,9-13H2. The molecule has 0 saturated heterocycles. The Kier molecular flexibility index (Phi) is 4.62. The van der Waals surface area contributed by atoms with E-state index in [1.807, 2.05) is 0 Å². The van der Waals surface area contributed by atoms with Crippen molar-refractivity contribution in [2.24, 2.45) is 11.8 Å². The summed E-state index contributed by atoms with van der Waals surface area (Å²) < 4.78 is 106. The summed E-state index contributed by atoms with van der Waals surface area (Å²) in [5, 5.41) is 1.11. The molecular formula is C22H22F4O4S2. The summed E-state index contributed by atoms with van der Waals surface area (Å²) in [6.07, 6.45) is 3.01. The van der Waals surface area contributed by atoms with Gasteiger partial charge in [0, 0.05) is 6.42 Å². The molecule has 4 bridgehead atoms. The first-order valence-corrected chi connectivity index (χ1v) is 13.5. The number of hydrogen-bond donors (Lipinski definition) is 0. The average Bonchev–Trinajstić information content (AvgIpc) is 2.64. The maximum Gasteiger partial charge on any atom is 0.502 e. The average molecular weight is 491 g/mol. The summed E-state index contributed by atoms with van der Waals surface area (Å²) in [5.41, 5.74) is -7.98. The second-order valence-corrected chi connectivity index (χ2v) is 14.2. The lowest BCUT2D eigenvalue weighted by Crippen LogP contribution is -2.61. The number of benzene rings is 1. The fraction of sp³-hybridized carbons (Fsp3) is 0.545. The maximum absolute atomic E-state index is 15.4. The van der Waals surface area contributed by atoms with E-state index >= 15 is 4.39 Å². The van der Waals surface area contributed by atoms with Crippen molar-refractivity contribution in [3.05, 3.63) is 44.5 Å². The third-order valence-corrected chi connectivity index (χ3v) is 12.5. The lowest BCUT2D eigenvalue weighted by molar-refractivity contribution is -0.0620. The highest BCUT2D eigenvalue weighted by atomic mass is 32.3. The first-order chi connectivity index (χ1) is 14.8. The zero-order chi connectivity index (χ0) is 23.2. The molecule has 4 nitrogen and oxygen atoms in total. The zero-order valence-corrected chi connectivity index (χ0v) is 18.7. The number of rotatable bonds is 3. The van der Waals surface area contributed by atoms with Crippen molar-refractivity contribution in [1.29, 1.82) is 0 Å². The lowest BCUT2D eigenvalue weighted by atomic mass is 9.54. The van der Waals surface area contributed by atoms with Gasteiger partial charge in [0.15, 0.2) is 14.1 Å². The van der Waals surface area contributed by atoms with Crippen LogP contribution >= 0.6 is 0 Å². The molecule has 0 radical (unpaired) electrons. The molecule has 0 spiro atoms. The fourth-order valence-corrected chi connectivity index (χ4v) is 11.5. The monoisotopic (exact) mass is 490 g/mol. The fourth-order valence-electron chi connectivity index (χ4n) is 6.61. The summed E-state index contributed by atoms with van der Waals surface area (Å²) in [4.78, 5) is 0. The van der Waals surface area contributed by atoms with E-state index in [4.69, 9.17) is 0 Å². The molecule has 5 aliphatic carbocycles. The molecule has 32 heavy (non-hydrogen) atoms. The van der Waals surface area contributed by atoms with E-state index in [1.54, 1.807) is 24.3 Å². The van der Waals surface area contributed by atoms with Crippen LogP contribution in [0.1, 0.15) is 44.9 Å². The molecule has 2 atom stereocenters. The van der Waals surface area contributed by atoms with Crippen molar-refractivity contribution in [3.63, 3.8) is 0 Å². The van der Waals surface area contributed by atoms with Gasteiger partial charge in [-0.05, 0) is 72.4 Å². The van der Waals surface area contributed by atoms with Crippen LogP contribution in [0, 0.1) is 11.8 Å². The van der Waals surface area contributed by atoms with Gasteiger partial charge in [0.1, 0.15) is 5.67 Å². The van der Waals surface area contributed by atoms with Gasteiger partial charge in [-0.25, -0.2) is 21.2 Å². The van der Waals surface area contributed by atoms with Crippen LogP contribution in [-0.2, 0) is 19.7 Å². The molecule has 0 aliphatic heterocycles. The van der Waals surface area contributed by atoms with Crippen LogP contribution in [0.25, 0.3) is 12.2 Å². The largest absolute Gasteiger partial charge is 0.502 e. The Bertz CT molecular complexity index is 1340. The van der Waals surface area contributed by atoms with E-state index in [-0.39, 0.29) is 43.9 Å². The van der Waals surface area contributed by atoms with Gasteiger partial charge in [-0.3, -0.25) is 0 Å². The minimum Gasteiger partial charge on any atom is -0.244 e. The Morgan fingerprint density at radius 3 is 2.09 bits per heavy atom. The predicted molar refractivity (Wildman–Crippen MR) is 111 cm³/mol. The molecule has 4 fully saturated rings. The molecule has 2 unspecified atom stereocenters. The van der Waals surface area contributed by atoms with E-state index < -0.39 is 51.8 Å². The van der Waals surface area contributed by atoms with Gasteiger partial charge < -0.3 is 0 Å². The smallest absolute Gasteiger partial charge is 0.244 e. The van der Waals surface area contributed by atoms with Gasteiger partial charge in [-0.1, -0.05) is 30.3 Å². The molecule has 1 aromatic carbocycles. The quantitative estimate of drug-likeness (QED) is 0.610. The van der Waals surface area contributed by atoms with E-state index in [0.29, 0.717) is 16.9 Å². The molecule has 0 aromatic heterocycles. The summed E-state index contributed by atoms with van der Waals surface area (Å²) in [6.45, 7) is 0. The molecule has 5 aliphatic rings. The topological polar surface area (TPSA) is 68.3 Å². The van der Waals surface area contributed by atoms with Crippen molar-refractivity contribution in [1.82, 2.24) is 0 Å². The van der Waals surface area contributed by atoms with E-state index in [0.717, 1.165) is 0 Å². The van der Waals surface area contributed by atoms with Crippen LogP contribution in [0.15, 0.2) is 34.1 Å². The van der Waals surface area contributed by atoms with Crippen molar-refractivity contribution in [2.75, 3.05) is 0 Å². The Morgan fingerprint density at radius 1 is 0.938 bits per heavy atom. The van der Waals surface area contributed by atoms with Crippen LogP contribution in [0.4, 0.5) is 17.6 Å². The van der Waals surface area contributed by atoms with Crippen LogP contribution in [0.2, 0.25) is 0 Å². The van der Waals surface area contributed by atoms with Crippen molar-refractivity contribution >= 4 is 31.8 Å². The Hall–Kier alpha value is -1.68. The second kappa shape index (κ2) is 6.68. The third-order valence-electron chi connectivity index (χ3n) is 7.43. The van der Waals surface area contributed by atoms with Crippen LogP contribution in [-0.4, -0.2) is 32.8 Å². The van der Waals surface area contributed by atoms with Crippen LogP contribution < -0.4 is 10.4 Å². The van der Waals surface area contributed by atoms with Crippen LogP contribution in [0.3, 0.4) is 0 Å². The third kappa shape index (κ3) is 3.12. The molecule has 174 valence electrons. The molecule has 0 heterocycles.